The molecule has 1 aliphatic rings. The number of benzene rings is 1. The van der Waals surface area contributed by atoms with Crippen LogP contribution in [0.4, 0.5) is 13.2 Å². The minimum absolute atomic E-state index is 0.179. The average Bonchev–Trinajstić information content (AvgIpc) is 3.24. The standard InChI is InChI=1S/C17H19F3N4O/c18-17(19,20)14-6-9-22-24(14)13-5-3-4-12(10-13)15(25)23-16(11-21)7-1-2-8-16/h3-6,9-10H,1-2,7-8,11,21H2,(H,23,25). The van der Waals surface area contributed by atoms with Gasteiger partial charge in [-0.15, -0.1) is 0 Å². The Morgan fingerprint density at radius 3 is 2.64 bits per heavy atom. The first-order valence-electron chi connectivity index (χ1n) is 8.09. The minimum Gasteiger partial charge on any atom is -0.345 e. The number of nitrogens with zero attached hydrogens (tertiary/aromatic N) is 2. The Morgan fingerprint density at radius 2 is 2.00 bits per heavy atom. The number of rotatable bonds is 4. The summed E-state index contributed by atoms with van der Waals surface area (Å²) in [6.45, 7) is 0.343. The lowest BCUT2D eigenvalue weighted by Gasteiger charge is -2.28. The summed E-state index contributed by atoms with van der Waals surface area (Å²) in [5.74, 6) is -0.338. The van der Waals surface area contributed by atoms with Gasteiger partial charge in [0.25, 0.3) is 5.91 Å². The molecule has 25 heavy (non-hydrogen) atoms. The van der Waals surface area contributed by atoms with E-state index in [0.717, 1.165) is 42.6 Å². The van der Waals surface area contributed by atoms with Crippen molar-refractivity contribution in [1.82, 2.24) is 15.1 Å². The van der Waals surface area contributed by atoms with E-state index in [0.29, 0.717) is 6.54 Å². The molecule has 0 atom stereocenters. The summed E-state index contributed by atoms with van der Waals surface area (Å²) in [4.78, 5) is 12.5. The van der Waals surface area contributed by atoms with Crippen LogP contribution in [0, 0.1) is 0 Å². The summed E-state index contributed by atoms with van der Waals surface area (Å²) in [5, 5.41) is 6.69. The summed E-state index contributed by atoms with van der Waals surface area (Å²) >= 11 is 0. The summed E-state index contributed by atoms with van der Waals surface area (Å²) in [7, 11) is 0. The maximum atomic E-state index is 13.0. The van der Waals surface area contributed by atoms with Crippen molar-refractivity contribution in [3.8, 4) is 5.69 Å². The van der Waals surface area contributed by atoms with Crippen molar-refractivity contribution in [1.29, 1.82) is 0 Å². The molecule has 0 saturated heterocycles. The van der Waals surface area contributed by atoms with E-state index in [-0.39, 0.29) is 17.2 Å². The van der Waals surface area contributed by atoms with Gasteiger partial charge >= 0.3 is 6.18 Å². The number of carbonyl (C=O) groups excluding carboxylic acids is 1. The number of nitrogens with two attached hydrogens (primary N) is 1. The van der Waals surface area contributed by atoms with E-state index in [1.165, 1.54) is 18.2 Å². The first-order valence-corrected chi connectivity index (χ1v) is 8.09. The van der Waals surface area contributed by atoms with Crippen molar-refractivity contribution in [2.75, 3.05) is 6.54 Å². The van der Waals surface area contributed by atoms with Gasteiger partial charge in [0.1, 0.15) is 5.69 Å². The second kappa shape index (κ2) is 6.51. The second-order valence-corrected chi connectivity index (χ2v) is 6.32. The third-order valence-electron chi connectivity index (χ3n) is 4.62. The van der Waals surface area contributed by atoms with Crippen LogP contribution >= 0.6 is 0 Å². The van der Waals surface area contributed by atoms with Crippen LogP contribution < -0.4 is 11.1 Å². The predicted octanol–water partition coefficient (Wildman–Crippen LogP) is 2.89. The highest BCUT2D eigenvalue weighted by Gasteiger charge is 2.36. The lowest BCUT2D eigenvalue weighted by molar-refractivity contribution is -0.142. The third kappa shape index (κ3) is 3.53. The quantitative estimate of drug-likeness (QED) is 0.889. The van der Waals surface area contributed by atoms with Crippen LogP contribution in [-0.2, 0) is 6.18 Å². The predicted molar refractivity (Wildman–Crippen MR) is 86.3 cm³/mol. The zero-order chi connectivity index (χ0) is 18.1. The maximum Gasteiger partial charge on any atom is 0.433 e. The van der Waals surface area contributed by atoms with E-state index in [4.69, 9.17) is 5.73 Å². The molecular weight excluding hydrogens is 333 g/mol. The number of alkyl halides is 3. The zero-order valence-electron chi connectivity index (χ0n) is 13.5. The fourth-order valence-corrected chi connectivity index (χ4v) is 3.25. The Kier molecular flexibility index (Phi) is 4.55. The number of hydrogen-bond acceptors (Lipinski definition) is 3. The molecule has 0 radical (unpaired) electrons. The molecule has 1 aromatic carbocycles. The van der Waals surface area contributed by atoms with Crippen LogP contribution in [0.25, 0.3) is 5.69 Å². The van der Waals surface area contributed by atoms with Gasteiger partial charge in [-0.1, -0.05) is 18.9 Å². The molecule has 3 N–H and O–H groups in total. The van der Waals surface area contributed by atoms with Gasteiger partial charge in [0.2, 0.25) is 0 Å². The first-order chi connectivity index (χ1) is 11.8. The van der Waals surface area contributed by atoms with Crippen LogP contribution in [0.5, 0.6) is 0 Å². The molecule has 3 rings (SSSR count). The van der Waals surface area contributed by atoms with Crippen LogP contribution in [0.15, 0.2) is 36.5 Å². The van der Waals surface area contributed by atoms with Crippen molar-refractivity contribution in [2.45, 2.75) is 37.4 Å². The summed E-state index contributed by atoms with van der Waals surface area (Å²) < 4.78 is 39.9. The van der Waals surface area contributed by atoms with Gasteiger partial charge in [0, 0.05) is 12.1 Å². The Hall–Kier alpha value is -2.35. The van der Waals surface area contributed by atoms with E-state index in [2.05, 4.69) is 10.4 Å². The second-order valence-electron chi connectivity index (χ2n) is 6.32. The van der Waals surface area contributed by atoms with Gasteiger partial charge < -0.3 is 11.1 Å². The van der Waals surface area contributed by atoms with Crippen molar-refractivity contribution >= 4 is 5.91 Å². The Labute approximate surface area is 143 Å². The number of hydrogen-bond donors (Lipinski definition) is 2. The van der Waals surface area contributed by atoms with E-state index >= 15 is 0 Å². The topological polar surface area (TPSA) is 72.9 Å². The lowest BCUT2D eigenvalue weighted by Crippen LogP contribution is -2.51. The molecule has 5 nitrogen and oxygen atoms in total. The van der Waals surface area contributed by atoms with E-state index in [1.807, 2.05) is 0 Å². The highest BCUT2D eigenvalue weighted by Crippen LogP contribution is 2.31. The zero-order valence-corrected chi connectivity index (χ0v) is 13.5. The fourth-order valence-electron chi connectivity index (χ4n) is 3.25. The highest BCUT2D eigenvalue weighted by molar-refractivity contribution is 5.95. The normalized spacial score (nSPS) is 16.8. The van der Waals surface area contributed by atoms with Crippen LogP contribution in [0.3, 0.4) is 0 Å². The molecule has 0 spiro atoms. The number of carbonyl (C=O) groups is 1. The van der Waals surface area contributed by atoms with Gasteiger partial charge in [0.15, 0.2) is 0 Å². The Bertz CT molecular complexity index is 763. The Balaban J connectivity index is 1.87. The van der Waals surface area contributed by atoms with Gasteiger partial charge in [-0.05, 0) is 37.1 Å². The molecule has 134 valence electrons. The molecule has 0 aliphatic heterocycles. The van der Waals surface area contributed by atoms with Crippen LogP contribution in [0.1, 0.15) is 41.7 Å². The smallest absolute Gasteiger partial charge is 0.345 e. The maximum absolute atomic E-state index is 13.0. The number of aromatic nitrogens is 2. The molecule has 1 heterocycles. The van der Waals surface area contributed by atoms with Crippen molar-refractivity contribution in [3.63, 3.8) is 0 Å². The molecule has 8 heteroatoms. The number of amides is 1. The number of halogens is 3. The van der Waals surface area contributed by atoms with E-state index in [1.54, 1.807) is 6.07 Å². The van der Waals surface area contributed by atoms with Crippen LogP contribution in [0.2, 0.25) is 0 Å². The summed E-state index contributed by atoms with van der Waals surface area (Å²) in [6, 6.07) is 6.88. The molecular formula is C17H19F3N4O. The van der Waals surface area contributed by atoms with Crippen molar-refractivity contribution in [3.05, 3.63) is 47.8 Å². The molecule has 1 amide bonds. The first kappa shape index (κ1) is 17.5. The van der Waals surface area contributed by atoms with Gasteiger partial charge in [-0.3, -0.25) is 4.79 Å². The summed E-state index contributed by atoms with van der Waals surface area (Å²) in [5.41, 5.74) is 4.96. The minimum atomic E-state index is -4.53. The Morgan fingerprint density at radius 1 is 1.28 bits per heavy atom. The lowest BCUT2D eigenvalue weighted by atomic mass is 9.97. The van der Waals surface area contributed by atoms with Crippen molar-refractivity contribution < 1.29 is 18.0 Å². The molecule has 1 aromatic heterocycles. The monoisotopic (exact) mass is 352 g/mol. The molecule has 2 aromatic rings. The number of nitrogens with one attached hydrogen (secondary N) is 1. The van der Waals surface area contributed by atoms with E-state index < -0.39 is 17.4 Å². The van der Waals surface area contributed by atoms with E-state index in [9.17, 15) is 18.0 Å². The van der Waals surface area contributed by atoms with Gasteiger partial charge in [-0.25, -0.2) is 4.68 Å². The molecule has 1 aliphatic carbocycles. The summed E-state index contributed by atoms with van der Waals surface area (Å²) in [6.07, 6.45) is 0.178. The fraction of sp³-hybridized carbons (Fsp3) is 0.412. The molecule has 1 saturated carbocycles. The molecule has 0 bridgehead atoms. The van der Waals surface area contributed by atoms with Crippen LogP contribution in [-0.4, -0.2) is 27.8 Å². The average molecular weight is 352 g/mol. The SMILES string of the molecule is NCC1(NC(=O)c2cccc(-n3nccc3C(F)(F)F)c2)CCCC1. The third-order valence-corrected chi connectivity index (χ3v) is 4.62. The van der Waals surface area contributed by atoms with Gasteiger partial charge in [0.05, 0.1) is 17.4 Å². The largest absolute Gasteiger partial charge is 0.433 e. The highest BCUT2D eigenvalue weighted by atomic mass is 19.4. The van der Waals surface area contributed by atoms with Crippen molar-refractivity contribution in [2.24, 2.45) is 5.73 Å². The molecule has 0 unspecified atom stereocenters. The molecule has 1 fully saturated rings. The van der Waals surface area contributed by atoms with Gasteiger partial charge in [-0.2, -0.15) is 18.3 Å².